The van der Waals surface area contributed by atoms with Gasteiger partial charge in [-0.2, -0.15) is 0 Å². The van der Waals surface area contributed by atoms with Crippen molar-refractivity contribution in [2.45, 2.75) is 19.6 Å². The van der Waals surface area contributed by atoms with Crippen LogP contribution in [-0.4, -0.2) is 24.6 Å². The Morgan fingerprint density at radius 2 is 2.08 bits per heavy atom. The number of amides is 1. The van der Waals surface area contributed by atoms with Crippen molar-refractivity contribution in [2.75, 3.05) is 6.61 Å². The second kappa shape index (κ2) is 8.61. The average Bonchev–Trinajstić information content (AvgIpc) is 3.06. The van der Waals surface area contributed by atoms with E-state index in [2.05, 4.69) is 5.32 Å². The van der Waals surface area contributed by atoms with Crippen molar-refractivity contribution in [3.8, 4) is 5.75 Å². The summed E-state index contributed by atoms with van der Waals surface area (Å²) in [5.41, 5.74) is 0. The van der Waals surface area contributed by atoms with Gasteiger partial charge in [-0.1, -0.05) is 23.2 Å². The summed E-state index contributed by atoms with van der Waals surface area (Å²) in [5, 5.41) is 3.29. The van der Waals surface area contributed by atoms with E-state index < -0.39 is 24.6 Å². The number of carbonyl (C=O) groups is 2. The van der Waals surface area contributed by atoms with Crippen LogP contribution in [0.5, 0.6) is 5.75 Å². The number of carbonyl (C=O) groups excluding carboxylic acids is 2. The summed E-state index contributed by atoms with van der Waals surface area (Å²) in [6.07, 6.45) is 0.573. The molecule has 128 valence electrons. The molecule has 1 N–H and O–H groups in total. The molecule has 0 fully saturated rings. The zero-order valence-corrected chi connectivity index (χ0v) is 14.3. The number of rotatable bonds is 7. The Labute approximate surface area is 148 Å². The van der Waals surface area contributed by atoms with Crippen LogP contribution in [0.15, 0.2) is 41.0 Å². The third kappa shape index (κ3) is 5.47. The summed E-state index contributed by atoms with van der Waals surface area (Å²) in [4.78, 5) is 23.5. The molecule has 1 atom stereocenters. The van der Waals surface area contributed by atoms with Crippen LogP contribution in [0.4, 0.5) is 0 Å². The molecule has 0 saturated heterocycles. The van der Waals surface area contributed by atoms with Crippen LogP contribution in [0, 0.1) is 0 Å². The van der Waals surface area contributed by atoms with Gasteiger partial charge in [0.25, 0.3) is 5.91 Å². The smallest absolute Gasteiger partial charge is 0.347 e. The number of nitrogens with one attached hydrogen (secondary N) is 1. The molecule has 0 aliphatic carbocycles. The van der Waals surface area contributed by atoms with E-state index in [9.17, 15) is 9.59 Å². The molecule has 1 aromatic heterocycles. The molecule has 2 rings (SSSR count). The van der Waals surface area contributed by atoms with E-state index in [1.54, 1.807) is 24.3 Å². The van der Waals surface area contributed by atoms with Gasteiger partial charge in [-0.05, 0) is 37.3 Å². The fraction of sp³-hybridized carbons (Fsp3) is 0.250. The summed E-state index contributed by atoms with van der Waals surface area (Å²) in [7, 11) is 0. The zero-order valence-electron chi connectivity index (χ0n) is 12.8. The molecular weight excluding hydrogens is 357 g/mol. The van der Waals surface area contributed by atoms with Gasteiger partial charge in [0.1, 0.15) is 11.5 Å². The molecule has 2 aromatic rings. The molecular formula is C16H15Cl2NO5. The minimum Gasteiger partial charge on any atom is -0.477 e. The Morgan fingerprint density at radius 1 is 1.29 bits per heavy atom. The van der Waals surface area contributed by atoms with E-state index >= 15 is 0 Å². The molecule has 1 aromatic carbocycles. The molecule has 0 unspecified atom stereocenters. The fourth-order valence-electron chi connectivity index (χ4n) is 1.71. The normalized spacial score (nSPS) is 11.6. The van der Waals surface area contributed by atoms with Gasteiger partial charge in [-0.15, -0.1) is 0 Å². The summed E-state index contributed by atoms with van der Waals surface area (Å²) in [6, 6.07) is 8.06. The largest absolute Gasteiger partial charge is 0.477 e. The summed E-state index contributed by atoms with van der Waals surface area (Å²) in [6.45, 7) is 1.30. The first-order valence-electron chi connectivity index (χ1n) is 7.03. The van der Waals surface area contributed by atoms with Crippen molar-refractivity contribution < 1.29 is 23.5 Å². The highest BCUT2D eigenvalue weighted by molar-refractivity contribution is 6.35. The standard InChI is InChI=1S/C16H15Cl2NO5/c1-10(24-14-5-4-11(17)7-13(14)18)16(21)23-9-15(20)19-8-12-3-2-6-22-12/h2-7,10H,8-9H2,1H3,(H,19,20)/t10-/m0/s1. The number of benzene rings is 1. The van der Waals surface area contributed by atoms with Crippen LogP contribution in [0.1, 0.15) is 12.7 Å². The molecule has 0 bridgehead atoms. The lowest BCUT2D eigenvalue weighted by atomic mass is 10.3. The van der Waals surface area contributed by atoms with Gasteiger partial charge in [0.05, 0.1) is 17.8 Å². The lowest BCUT2D eigenvalue weighted by molar-refractivity contribution is -0.154. The molecule has 0 spiro atoms. The number of hydrogen-bond acceptors (Lipinski definition) is 5. The lowest BCUT2D eigenvalue weighted by Gasteiger charge is -2.15. The van der Waals surface area contributed by atoms with Gasteiger partial charge < -0.3 is 19.2 Å². The van der Waals surface area contributed by atoms with E-state index in [4.69, 9.17) is 37.1 Å². The Morgan fingerprint density at radius 3 is 2.75 bits per heavy atom. The van der Waals surface area contributed by atoms with E-state index in [0.717, 1.165) is 0 Å². The predicted molar refractivity (Wildman–Crippen MR) is 88.1 cm³/mol. The zero-order chi connectivity index (χ0) is 17.5. The number of esters is 1. The minimum atomic E-state index is -0.929. The van der Waals surface area contributed by atoms with Crippen LogP contribution >= 0.6 is 23.2 Å². The highest BCUT2D eigenvalue weighted by Gasteiger charge is 2.19. The van der Waals surface area contributed by atoms with Crippen molar-refractivity contribution >= 4 is 35.1 Å². The highest BCUT2D eigenvalue weighted by atomic mass is 35.5. The number of hydrogen-bond donors (Lipinski definition) is 1. The molecule has 1 amide bonds. The van der Waals surface area contributed by atoms with Gasteiger partial charge in [-0.3, -0.25) is 4.79 Å². The molecule has 6 nitrogen and oxygen atoms in total. The summed E-state index contributed by atoms with van der Waals surface area (Å²) < 4.78 is 15.4. The Bertz CT molecular complexity index is 702. The lowest BCUT2D eigenvalue weighted by Crippen LogP contribution is -2.32. The minimum absolute atomic E-state index is 0.218. The maximum absolute atomic E-state index is 11.8. The van der Waals surface area contributed by atoms with Gasteiger partial charge in [0.15, 0.2) is 12.7 Å². The molecule has 0 saturated carbocycles. The average molecular weight is 372 g/mol. The predicted octanol–water partition coefficient (Wildman–Crippen LogP) is 3.21. The van der Waals surface area contributed by atoms with E-state index in [0.29, 0.717) is 16.5 Å². The maximum Gasteiger partial charge on any atom is 0.347 e. The maximum atomic E-state index is 11.8. The number of halogens is 2. The molecule has 0 aliphatic rings. The van der Waals surface area contributed by atoms with Crippen LogP contribution in [0.25, 0.3) is 0 Å². The Hall–Kier alpha value is -2.18. The molecule has 24 heavy (non-hydrogen) atoms. The van der Waals surface area contributed by atoms with Crippen molar-refractivity contribution in [3.63, 3.8) is 0 Å². The third-order valence-electron chi connectivity index (χ3n) is 2.92. The number of furan rings is 1. The Kier molecular flexibility index (Phi) is 6.52. The van der Waals surface area contributed by atoms with Crippen molar-refractivity contribution in [3.05, 3.63) is 52.4 Å². The first kappa shape index (κ1) is 18.2. The summed E-state index contributed by atoms with van der Waals surface area (Å²) in [5.74, 6) is -0.234. The van der Waals surface area contributed by atoms with Crippen LogP contribution < -0.4 is 10.1 Å². The summed E-state index contributed by atoms with van der Waals surface area (Å²) >= 11 is 11.7. The van der Waals surface area contributed by atoms with Crippen molar-refractivity contribution in [2.24, 2.45) is 0 Å². The second-order valence-electron chi connectivity index (χ2n) is 4.80. The van der Waals surface area contributed by atoms with E-state index in [-0.39, 0.29) is 11.6 Å². The van der Waals surface area contributed by atoms with Crippen molar-refractivity contribution in [1.82, 2.24) is 5.32 Å². The van der Waals surface area contributed by atoms with E-state index in [1.165, 1.54) is 19.3 Å². The van der Waals surface area contributed by atoms with Crippen LogP contribution in [-0.2, 0) is 20.9 Å². The molecule has 1 heterocycles. The molecule has 8 heteroatoms. The third-order valence-corrected chi connectivity index (χ3v) is 3.45. The first-order chi connectivity index (χ1) is 11.5. The quantitative estimate of drug-likeness (QED) is 0.756. The SMILES string of the molecule is C[C@H](Oc1ccc(Cl)cc1Cl)C(=O)OCC(=O)NCc1ccco1. The monoisotopic (exact) mass is 371 g/mol. The molecule has 0 aliphatic heterocycles. The van der Waals surface area contributed by atoms with Gasteiger partial charge in [0.2, 0.25) is 0 Å². The van der Waals surface area contributed by atoms with Crippen molar-refractivity contribution in [1.29, 1.82) is 0 Å². The number of ether oxygens (including phenoxy) is 2. The highest BCUT2D eigenvalue weighted by Crippen LogP contribution is 2.28. The Balaban J connectivity index is 1.75. The van der Waals surface area contributed by atoms with E-state index in [1.807, 2.05) is 0 Å². The second-order valence-corrected chi connectivity index (χ2v) is 5.64. The van der Waals surface area contributed by atoms with Gasteiger partial charge in [-0.25, -0.2) is 4.79 Å². The first-order valence-corrected chi connectivity index (χ1v) is 7.78. The van der Waals surface area contributed by atoms with Gasteiger partial charge >= 0.3 is 5.97 Å². The van der Waals surface area contributed by atoms with Crippen LogP contribution in [0.2, 0.25) is 10.0 Å². The van der Waals surface area contributed by atoms with Crippen LogP contribution in [0.3, 0.4) is 0 Å². The molecule has 0 radical (unpaired) electrons. The fourth-order valence-corrected chi connectivity index (χ4v) is 2.17. The topological polar surface area (TPSA) is 77.8 Å². The van der Waals surface area contributed by atoms with Gasteiger partial charge in [0, 0.05) is 5.02 Å².